The molecule has 0 aromatic rings. The number of carbonyl (C=O) groups excluding carboxylic acids is 2. The molecule has 90 valence electrons. The van der Waals surface area contributed by atoms with E-state index in [9.17, 15) is 9.59 Å². The van der Waals surface area contributed by atoms with Gasteiger partial charge in [0.05, 0.1) is 0 Å². The van der Waals surface area contributed by atoms with Crippen LogP contribution in [0.3, 0.4) is 0 Å². The molecule has 0 fully saturated rings. The zero-order valence-electron chi connectivity index (χ0n) is 9.37. The highest BCUT2D eigenvalue weighted by Crippen LogP contribution is 2.00. The van der Waals surface area contributed by atoms with Gasteiger partial charge >= 0.3 is 0 Å². The summed E-state index contributed by atoms with van der Waals surface area (Å²) in [6.45, 7) is 0.566. The van der Waals surface area contributed by atoms with Gasteiger partial charge in [-0.3, -0.25) is 9.59 Å². The molecule has 1 atom stereocenters. The van der Waals surface area contributed by atoms with E-state index in [1.54, 1.807) is 0 Å². The van der Waals surface area contributed by atoms with Gasteiger partial charge in [-0.1, -0.05) is 0 Å². The molecule has 16 heavy (non-hydrogen) atoms. The van der Waals surface area contributed by atoms with Crippen LogP contribution in [-0.2, 0) is 9.59 Å². The van der Waals surface area contributed by atoms with Gasteiger partial charge < -0.3 is 16.8 Å². The number of terminal acetylenes is 1. The number of nitrogens with one attached hydrogen (secondary N) is 1. The summed E-state index contributed by atoms with van der Waals surface area (Å²) in [6.07, 6.45) is 7.71. The van der Waals surface area contributed by atoms with Crippen molar-refractivity contribution in [2.75, 3.05) is 6.54 Å². The molecule has 0 heterocycles. The molecule has 5 N–H and O–H groups in total. The number of nitrogens with two attached hydrogens (primary N) is 2. The van der Waals surface area contributed by atoms with Crippen molar-refractivity contribution in [3.63, 3.8) is 0 Å². The molecule has 0 saturated heterocycles. The average molecular weight is 225 g/mol. The van der Waals surface area contributed by atoms with Gasteiger partial charge in [0.15, 0.2) is 0 Å². The van der Waals surface area contributed by atoms with Crippen LogP contribution in [0.5, 0.6) is 0 Å². The van der Waals surface area contributed by atoms with Crippen molar-refractivity contribution in [3.05, 3.63) is 0 Å². The summed E-state index contributed by atoms with van der Waals surface area (Å²) >= 11 is 0. The molecule has 0 aliphatic heterocycles. The molecule has 5 nitrogen and oxygen atoms in total. The third-order valence-corrected chi connectivity index (χ3v) is 2.12. The highest BCUT2D eigenvalue weighted by Gasteiger charge is 2.16. The van der Waals surface area contributed by atoms with E-state index in [2.05, 4.69) is 11.2 Å². The Morgan fingerprint density at radius 2 is 2.06 bits per heavy atom. The Balaban J connectivity index is 3.98. The van der Waals surface area contributed by atoms with Crippen LogP contribution in [0.2, 0.25) is 0 Å². The number of primary amides is 1. The molecular formula is C11H19N3O2. The van der Waals surface area contributed by atoms with Crippen LogP contribution < -0.4 is 16.8 Å². The number of amides is 2. The quantitative estimate of drug-likeness (QED) is 0.383. The standard InChI is InChI=1S/C11H19N3O2/c1-2-3-7-10(15)14-9(11(13)16)6-4-5-8-12/h1,9H,3-8,12H2,(H2,13,16)(H,14,15)/t9-/m0/s1. The van der Waals surface area contributed by atoms with E-state index in [1.165, 1.54) is 0 Å². The fourth-order valence-corrected chi connectivity index (χ4v) is 1.23. The first kappa shape index (κ1) is 14.5. The van der Waals surface area contributed by atoms with E-state index >= 15 is 0 Å². The van der Waals surface area contributed by atoms with E-state index < -0.39 is 11.9 Å². The van der Waals surface area contributed by atoms with Gasteiger partial charge in [-0.25, -0.2) is 0 Å². The second-order valence-electron chi connectivity index (χ2n) is 3.51. The van der Waals surface area contributed by atoms with Crippen LogP contribution >= 0.6 is 0 Å². The summed E-state index contributed by atoms with van der Waals surface area (Å²) in [5, 5.41) is 2.56. The first-order chi connectivity index (χ1) is 7.61. The molecule has 5 heteroatoms. The summed E-state index contributed by atoms with van der Waals surface area (Å²) in [5.74, 6) is 1.60. The molecule has 0 rings (SSSR count). The van der Waals surface area contributed by atoms with E-state index in [4.69, 9.17) is 17.9 Å². The van der Waals surface area contributed by atoms with Gasteiger partial charge in [-0.2, -0.15) is 0 Å². The average Bonchev–Trinajstić information content (AvgIpc) is 2.25. The van der Waals surface area contributed by atoms with Crippen LogP contribution in [-0.4, -0.2) is 24.4 Å². The SMILES string of the molecule is C#CCCC(=O)N[C@@H](CCCCN)C(N)=O. The maximum absolute atomic E-state index is 11.3. The summed E-state index contributed by atoms with van der Waals surface area (Å²) in [4.78, 5) is 22.3. The molecule has 0 aliphatic rings. The molecule has 0 aliphatic carbocycles. The van der Waals surface area contributed by atoms with Gasteiger partial charge in [0, 0.05) is 12.8 Å². The zero-order valence-corrected chi connectivity index (χ0v) is 9.37. The number of unbranched alkanes of at least 4 members (excludes halogenated alkanes) is 1. The van der Waals surface area contributed by atoms with E-state index in [0.717, 1.165) is 12.8 Å². The van der Waals surface area contributed by atoms with E-state index in [-0.39, 0.29) is 12.3 Å². The molecule has 0 unspecified atom stereocenters. The minimum Gasteiger partial charge on any atom is -0.368 e. The van der Waals surface area contributed by atoms with Gasteiger partial charge in [-0.15, -0.1) is 12.3 Å². The maximum atomic E-state index is 11.3. The minimum atomic E-state index is -0.614. The van der Waals surface area contributed by atoms with Crippen LogP contribution in [0.1, 0.15) is 32.1 Å². The number of rotatable bonds is 8. The molecule has 0 aromatic carbocycles. The summed E-state index contributed by atoms with van der Waals surface area (Å²) in [7, 11) is 0. The number of carbonyl (C=O) groups is 2. The zero-order chi connectivity index (χ0) is 12.4. The molecular weight excluding hydrogens is 206 g/mol. The second kappa shape index (κ2) is 8.74. The Labute approximate surface area is 95.9 Å². The normalized spacial score (nSPS) is 11.5. The first-order valence-electron chi connectivity index (χ1n) is 5.34. The Morgan fingerprint density at radius 1 is 1.38 bits per heavy atom. The third kappa shape index (κ3) is 6.85. The van der Waals surface area contributed by atoms with Crippen molar-refractivity contribution in [2.24, 2.45) is 11.5 Å². The monoisotopic (exact) mass is 225 g/mol. The molecule has 0 spiro atoms. The molecule has 0 saturated carbocycles. The maximum Gasteiger partial charge on any atom is 0.239 e. The Morgan fingerprint density at radius 3 is 2.56 bits per heavy atom. The van der Waals surface area contributed by atoms with Crippen molar-refractivity contribution in [3.8, 4) is 12.3 Å². The number of hydrogen-bond donors (Lipinski definition) is 3. The number of hydrogen-bond acceptors (Lipinski definition) is 3. The van der Waals surface area contributed by atoms with Gasteiger partial charge in [0.1, 0.15) is 6.04 Å². The first-order valence-corrected chi connectivity index (χ1v) is 5.34. The fourth-order valence-electron chi connectivity index (χ4n) is 1.23. The summed E-state index contributed by atoms with van der Waals surface area (Å²) < 4.78 is 0. The lowest BCUT2D eigenvalue weighted by Gasteiger charge is -2.14. The van der Waals surface area contributed by atoms with E-state index in [1.807, 2.05) is 0 Å². The Bertz CT molecular complexity index is 271. The largest absolute Gasteiger partial charge is 0.368 e. The summed E-state index contributed by atoms with van der Waals surface area (Å²) in [5.41, 5.74) is 10.5. The van der Waals surface area contributed by atoms with Crippen LogP contribution in [0.4, 0.5) is 0 Å². The topological polar surface area (TPSA) is 98.2 Å². The van der Waals surface area contributed by atoms with Gasteiger partial charge in [-0.05, 0) is 25.8 Å². The summed E-state index contributed by atoms with van der Waals surface area (Å²) in [6, 6.07) is -0.614. The molecule has 2 amide bonds. The minimum absolute atomic E-state index is 0.219. The third-order valence-electron chi connectivity index (χ3n) is 2.12. The van der Waals surface area contributed by atoms with Crippen LogP contribution in [0, 0.1) is 12.3 Å². The van der Waals surface area contributed by atoms with Crippen molar-refractivity contribution in [1.29, 1.82) is 0 Å². The van der Waals surface area contributed by atoms with Crippen molar-refractivity contribution >= 4 is 11.8 Å². The van der Waals surface area contributed by atoms with Gasteiger partial charge in [0.2, 0.25) is 11.8 Å². The highest BCUT2D eigenvalue weighted by molar-refractivity contribution is 5.86. The van der Waals surface area contributed by atoms with Gasteiger partial charge in [0.25, 0.3) is 0 Å². The van der Waals surface area contributed by atoms with Crippen molar-refractivity contribution < 1.29 is 9.59 Å². The lowest BCUT2D eigenvalue weighted by molar-refractivity contribution is -0.127. The van der Waals surface area contributed by atoms with Crippen LogP contribution in [0.15, 0.2) is 0 Å². The second-order valence-corrected chi connectivity index (χ2v) is 3.51. The predicted molar refractivity (Wildman–Crippen MR) is 62.1 cm³/mol. The lowest BCUT2D eigenvalue weighted by Crippen LogP contribution is -2.44. The highest BCUT2D eigenvalue weighted by atomic mass is 16.2. The Kier molecular flexibility index (Phi) is 7.90. The lowest BCUT2D eigenvalue weighted by atomic mass is 10.1. The predicted octanol–water partition coefficient (Wildman–Crippen LogP) is -0.501. The van der Waals surface area contributed by atoms with Crippen molar-refractivity contribution in [1.82, 2.24) is 5.32 Å². The van der Waals surface area contributed by atoms with E-state index in [0.29, 0.717) is 19.4 Å². The van der Waals surface area contributed by atoms with Crippen LogP contribution in [0.25, 0.3) is 0 Å². The molecule has 0 radical (unpaired) electrons. The smallest absolute Gasteiger partial charge is 0.239 e. The fraction of sp³-hybridized carbons (Fsp3) is 0.636. The molecule has 0 bridgehead atoms. The van der Waals surface area contributed by atoms with Crippen molar-refractivity contribution in [2.45, 2.75) is 38.1 Å². The Hall–Kier alpha value is -1.54. The molecule has 0 aromatic heterocycles.